The Balaban J connectivity index is 2.23. The van der Waals surface area contributed by atoms with E-state index in [4.69, 9.17) is 11.6 Å². The van der Waals surface area contributed by atoms with Gasteiger partial charge in [0.1, 0.15) is 11.0 Å². The summed E-state index contributed by atoms with van der Waals surface area (Å²) in [4.78, 5) is 8.75. The lowest BCUT2D eigenvalue weighted by atomic mass is 10.2. The maximum atomic E-state index is 9.34. The van der Waals surface area contributed by atoms with Crippen LogP contribution in [0, 0.1) is 0 Å². The number of hydrogen-bond donors (Lipinski definition) is 2. The molecular weight excluding hydrogens is 306 g/mol. The van der Waals surface area contributed by atoms with Crippen molar-refractivity contribution >= 4 is 29.2 Å². The highest BCUT2D eigenvalue weighted by atomic mass is 35.5. The van der Waals surface area contributed by atoms with Crippen molar-refractivity contribution in [2.24, 2.45) is 0 Å². The molecule has 0 saturated carbocycles. The summed E-state index contributed by atoms with van der Waals surface area (Å²) < 4.78 is 0. The van der Waals surface area contributed by atoms with Gasteiger partial charge < -0.3 is 10.4 Å². The molecule has 1 aromatic carbocycles. The van der Waals surface area contributed by atoms with Crippen molar-refractivity contribution in [3.63, 3.8) is 0 Å². The molecule has 21 heavy (non-hydrogen) atoms. The van der Waals surface area contributed by atoms with Crippen molar-refractivity contribution in [1.82, 2.24) is 9.97 Å². The molecule has 6 heteroatoms. The molecule has 0 spiro atoms. The van der Waals surface area contributed by atoms with Gasteiger partial charge in [-0.15, -0.1) is 0 Å². The summed E-state index contributed by atoms with van der Waals surface area (Å²) in [6, 6.07) is 11.5. The van der Waals surface area contributed by atoms with Crippen molar-refractivity contribution in [2.45, 2.75) is 18.2 Å². The molecule has 1 aromatic heterocycles. The second kappa shape index (κ2) is 7.64. The molecular formula is C15H18ClN3OS. The first-order chi connectivity index (χ1) is 10.1. The van der Waals surface area contributed by atoms with Crippen molar-refractivity contribution < 1.29 is 5.11 Å². The van der Waals surface area contributed by atoms with Gasteiger partial charge in [-0.3, -0.25) is 0 Å². The molecule has 0 aliphatic heterocycles. The second-order valence-corrected chi connectivity index (χ2v) is 6.12. The predicted octanol–water partition coefficient (Wildman–Crippen LogP) is 3.32. The number of nitrogens with zero attached hydrogens (tertiary/aromatic N) is 2. The van der Waals surface area contributed by atoms with Crippen LogP contribution in [0.3, 0.4) is 0 Å². The van der Waals surface area contributed by atoms with E-state index in [-0.39, 0.29) is 17.9 Å². The molecule has 2 aromatic rings. The van der Waals surface area contributed by atoms with Crippen molar-refractivity contribution in [1.29, 1.82) is 0 Å². The Hall–Kier alpha value is -1.30. The van der Waals surface area contributed by atoms with Crippen LogP contribution in [-0.2, 0) is 0 Å². The van der Waals surface area contributed by atoms with Crippen LogP contribution in [0.25, 0.3) is 11.4 Å². The Bertz CT molecular complexity index is 578. The van der Waals surface area contributed by atoms with Crippen LogP contribution in [0.1, 0.15) is 6.92 Å². The molecule has 2 unspecified atom stereocenters. The van der Waals surface area contributed by atoms with E-state index >= 15 is 0 Å². The Kier molecular flexibility index (Phi) is 5.85. The van der Waals surface area contributed by atoms with Crippen LogP contribution in [-0.4, -0.2) is 39.2 Å². The highest BCUT2D eigenvalue weighted by Crippen LogP contribution is 2.22. The van der Waals surface area contributed by atoms with Crippen LogP contribution in [0.4, 0.5) is 5.82 Å². The minimum Gasteiger partial charge on any atom is -0.395 e. The van der Waals surface area contributed by atoms with E-state index in [0.717, 1.165) is 5.56 Å². The first kappa shape index (κ1) is 16.1. The number of aromatic nitrogens is 2. The van der Waals surface area contributed by atoms with E-state index in [2.05, 4.69) is 15.3 Å². The highest BCUT2D eigenvalue weighted by molar-refractivity contribution is 7.99. The third kappa shape index (κ3) is 4.33. The lowest BCUT2D eigenvalue weighted by molar-refractivity contribution is 0.288. The van der Waals surface area contributed by atoms with Gasteiger partial charge >= 0.3 is 0 Å². The predicted molar refractivity (Wildman–Crippen MR) is 90.0 cm³/mol. The van der Waals surface area contributed by atoms with Gasteiger partial charge in [0.25, 0.3) is 0 Å². The smallest absolute Gasteiger partial charge is 0.163 e. The monoisotopic (exact) mass is 323 g/mol. The van der Waals surface area contributed by atoms with E-state index in [1.54, 1.807) is 17.8 Å². The molecule has 0 saturated heterocycles. The Labute approximate surface area is 134 Å². The Morgan fingerprint density at radius 2 is 2.00 bits per heavy atom. The largest absolute Gasteiger partial charge is 0.395 e. The normalized spacial score (nSPS) is 13.7. The van der Waals surface area contributed by atoms with Gasteiger partial charge in [0.2, 0.25) is 0 Å². The number of halogens is 1. The first-order valence-corrected chi connectivity index (χ1v) is 8.31. The summed E-state index contributed by atoms with van der Waals surface area (Å²) in [5.74, 6) is 1.25. The molecule has 2 atom stereocenters. The summed E-state index contributed by atoms with van der Waals surface area (Å²) in [7, 11) is 0. The zero-order valence-corrected chi connectivity index (χ0v) is 13.5. The summed E-state index contributed by atoms with van der Waals surface area (Å²) in [5, 5.41) is 13.1. The van der Waals surface area contributed by atoms with Crippen LogP contribution in [0.5, 0.6) is 0 Å². The fraction of sp³-hybridized carbons (Fsp3) is 0.333. The minimum absolute atomic E-state index is 0.0691. The molecule has 4 nitrogen and oxygen atoms in total. The number of aliphatic hydroxyl groups excluding tert-OH is 1. The van der Waals surface area contributed by atoms with Gasteiger partial charge in [0.05, 0.1) is 6.61 Å². The number of thioether (sulfide) groups is 1. The van der Waals surface area contributed by atoms with Crippen LogP contribution >= 0.6 is 23.4 Å². The van der Waals surface area contributed by atoms with Crippen LogP contribution in [0.2, 0.25) is 5.15 Å². The minimum atomic E-state index is 0.0691. The maximum absolute atomic E-state index is 9.34. The summed E-state index contributed by atoms with van der Waals surface area (Å²) >= 11 is 7.70. The van der Waals surface area contributed by atoms with E-state index < -0.39 is 0 Å². The average Bonchev–Trinajstić information content (AvgIpc) is 2.49. The van der Waals surface area contributed by atoms with E-state index in [0.29, 0.717) is 16.8 Å². The van der Waals surface area contributed by atoms with Crippen molar-refractivity contribution in [3.8, 4) is 11.4 Å². The molecule has 0 radical (unpaired) electrons. The first-order valence-electron chi connectivity index (χ1n) is 6.64. The van der Waals surface area contributed by atoms with Gasteiger partial charge in [-0.05, 0) is 13.2 Å². The maximum Gasteiger partial charge on any atom is 0.163 e. The van der Waals surface area contributed by atoms with Gasteiger partial charge in [-0.2, -0.15) is 11.8 Å². The van der Waals surface area contributed by atoms with Gasteiger partial charge in [0.15, 0.2) is 5.82 Å². The third-order valence-corrected chi connectivity index (χ3v) is 4.50. The molecule has 0 amide bonds. The lowest BCUT2D eigenvalue weighted by Gasteiger charge is -2.22. The molecule has 0 aliphatic rings. The molecule has 0 fully saturated rings. The fourth-order valence-electron chi connectivity index (χ4n) is 1.97. The zero-order chi connectivity index (χ0) is 15.2. The molecule has 2 rings (SSSR count). The van der Waals surface area contributed by atoms with Gasteiger partial charge in [-0.1, -0.05) is 41.9 Å². The molecule has 0 aliphatic carbocycles. The topological polar surface area (TPSA) is 58.0 Å². The molecule has 0 bridgehead atoms. The van der Waals surface area contributed by atoms with E-state index in [9.17, 15) is 5.11 Å². The van der Waals surface area contributed by atoms with Gasteiger partial charge in [0, 0.05) is 22.9 Å². The van der Waals surface area contributed by atoms with Crippen molar-refractivity contribution in [3.05, 3.63) is 41.6 Å². The number of rotatable bonds is 6. The van der Waals surface area contributed by atoms with Crippen LogP contribution in [0.15, 0.2) is 36.4 Å². The summed E-state index contributed by atoms with van der Waals surface area (Å²) in [6.07, 6.45) is 1.97. The van der Waals surface area contributed by atoms with Gasteiger partial charge in [-0.25, -0.2) is 9.97 Å². The standard InChI is InChI=1S/C15H18ClN3OS/c1-10(12(9-20)21-2)17-14-8-13(16)18-15(19-14)11-6-4-3-5-7-11/h3-8,10,12,20H,9H2,1-2H3,(H,17,18,19). The third-order valence-electron chi connectivity index (χ3n) is 3.14. The second-order valence-electron chi connectivity index (χ2n) is 4.66. The SMILES string of the molecule is CSC(CO)C(C)Nc1cc(Cl)nc(-c2ccccc2)n1. The number of anilines is 1. The lowest BCUT2D eigenvalue weighted by Crippen LogP contribution is -2.31. The molecule has 1 heterocycles. The highest BCUT2D eigenvalue weighted by Gasteiger charge is 2.16. The number of benzene rings is 1. The molecule has 112 valence electrons. The Morgan fingerprint density at radius 3 is 2.62 bits per heavy atom. The van der Waals surface area contributed by atoms with Crippen molar-refractivity contribution in [2.75, 3.05) is 18.2 Å². The molecule has 2 N–H and O–H groups in total. The van der Waals surface area contributed by atoms with Crippen LogP contribution < -0.4 is 5.32 Å². The number of hydrogen-bond acceptors (Lipinski definition) is 5. The summed E-state index contributed by atoms with van der Waals surface area (Å²) in [5.41, 5.74) is 0.916. The van der Waals surface area contributed by atoms with E-state index in [1.165, 1.54) is 0 Å². The number of aliphatic hydroxyl groups is 1. The average molecular weight is 324 g/mol. The Morgan fingerprint density at radius 1 is 1.29 bits per heavy atom. The van der Waals surface area contributed by atoms with E-state index in [1.807, 2.05) is 43.5 Å². The zero-order valence-electron chi connectivity index (χ0n) is 12.0. The number of nitrogens with one attached hydrogen (secondary N) is 1. The summed E-state index contributed by atoms with van der Waals surface area (Å²) in [6.45, 7) is 2.12. The fourth-order valence-corrected chi connectivity index (χ4v) is 2.78. The quantitative estimate of drug-likeness (QED) is 0.799.